The van der Waals surface area contributed by atoms with Crippen molar-refractivity contribution < 1.29 is 0 Å². The zero-order valence-electron chi connectivity index (χ0n) is 15.6. The summed E-state index contributed by atoms with van der Waals surface area (Å²) < 4.78 is 0. The Labute approximate surface area is 155 Å². The van der Waals surface area contributed by atoms with Crippen LogP contribution in [0, 0.1) is 0 Å². The van der Waals surface area contributed by atoms with Crippen molar-refractivity contribution in [3.63, 3.8) is 0 Å². The predicted octanol–water partition coefficient (Wildman–Crippen LogP) is 6.28. The molecule has 0 N–H and O–H groups in total. The van der Waals surface area contributed by atoms with E-state index in [4.69, 9.17) is 11.6 Å². The molecule has 0 fully saturated rings. The number of halogens is 1. The smallest absolute Gasteiger partial charge is 0.0630 e. The summed E-state index contributed by atoms with van der Waals surface area (Å²) in [4.78, 5) is 6.86. The van der Waals surface area contributed by atoms with Crippen LogP contribution >= 0.6 is 11.6 Å². The third-order valence-corrected chi connectivity index (χ3v) is 5.36. The number of aryl methyl sites for hydroxylation is 1. The van der Waals surface area contributed by atoms with Crippen LogP contribution in [0.5, 0.6) is 0 Å². The molecule has 2 aromatic rings. The molecule has 0 saturated heterocycles. The van der Waals surface area contributed by atoms with Crippen LogP contribution in [0.3, 0.4) is 0 Å². The zero-order chi connectivity index (χ0) is 18.2. The highest BCUT2D eigenvalue weighted by Crippen LogP contribution is 2.40. The quantitative estimate of drug-likeness (QED) is 0.593. The van der Waals surface area contributed by atoms with Crippen molar-refractivity contribution in [2.45, 2.75) is 39.7 Å². The Kier molecular flexibility index (Phi) is 4.75. The Morgan fingerprint density at radius 2 is 1.84 bits per heavy atom. The first-order valence-electron chi connectivity index (χ1n) is 8.72. The lowest BCUT2D eigenvalue weighted by molar-refractivity contribution is 0.598. The molecule has 1 aliphatic rings. The third-order valence-electron chi connectivity index (χ3n) is 5.03. The highest BCUT2D eigenvalue weighted by molar-refractivity contribution is 6.33. The predicted molar refractivity (Wildman–Crippen MR) is 111 cm³/mol. The average molecular weight is 353 g/mol. The van der Waals surface area contributed by atoms with Crippen molar-refractivity contribution in [3.05, 3.63) is 64.2 Å². The van der Waals surface area contributed by atoms with Gasteiger partial charge in [-0.1, -0.05) is 36.7 Å². The maximum absolute atomic E-state index is 6.54. The number of allylic oxidation sites excluding steroid dienone is 1. The molecule has 0 aromatic heterocycles. The summed E-state index contributed by atoms with van der Waals surface area (Å²) in [5.41, 5.74) is 6.84. The summed E-state index contributed by atoms with van der Waals surface area (Å²) >= 11 is 6.54. The molecule has 3 heteroatoms. The largest absolute Gasteiger partial charge is 0.365 e. The second kappa shape index (κ2) is 6.68. The van der Waals surface area contributed by atoms with Gasteiger partial charge in [-0.3, -0.25) is 4.99 Å². The van der Waals surface area contributed by atoms with E-state index in [0.29, 0.717) is 0 Å². The fourth-order valence-electron chi connectivity index (χ4n) is 3.25. The fraction of sp³-hybridized carbons (Fsp3) is 0.318. The number of nitrogens with zero attached hydrogens (tertiary/aromatic N) is 2. The summed E-state index contributed by atoms with van der Waals surface area (Å²) in [5, 5.41) is 0.727. The Morgan fingerprint density at radius 1 is 1.16 bits per heavy atom. The maximum atomic E-state index is 6.54. The summed E-state index contributed by atoms with van der Waals surface area (Å²) in [5.74, 6) is 0. The number of hydrogen-bond acceptors (Lipinski definition) is 2. The lowest BCUT2D eigenvalue weighted by Gasteiger charge is -2.40. The van der Waals surface area contributed by atoms with Gasteiger partial charge in [0.25, 0.3) is 0 Å². The van der Waals surface area contributed by atoms with Crippen molar-refractivity contribution in [3.8, 4) is 0 Å². The molecule has 25 heavy (non-hydrogen) atoms. The van der Waals surface area contributed by atoms with E-state index in [9.17, 15) is 0 Å². The number of aliphatic imine (C=N–C) groups is 1. The average Bonchev–Trinajstić information content (AvgIpc) is 2.58. The van der Waals surface area contributed by atoms with Crippen LogP contribution in [0.15, 0.2) is 47.5 Å². The summed E-state index contributed by atoms with van der Waals surface area (Å²) in [6.07, 6.45) is 5.19. The minimum absolute atomic E-state index is 0.0168. The van der Waals surface area contributed by atoms with Crippen molar-refractivity contribution in [2.24, 2.45) is 4.99 Å². The lowest BCUT2D eigenvalue weighted by Crippen LogP contribution is -2.42. The zero-order valence-corrected chi connectivity index (χ0v) is 16.4. The van der Waals surface area contributed by atoms with Gasteiger partial charge in [0.05, 0.1) is 16.2 Å². The minimum Gasteiger partial charge on any atom is -0.365 e. The molecular weight excluding hydrogens is 328 g/mol. The molecule has 0 radical (unpaired) electrons. The molecule has 130 valence electrons. The summed E-state index contributed by atoms with van der Waals surface area (Å²) in [6, 6.07) is 12.5. The number of benzene rings is 2. The lowest BCUT2D eigenvalue weighted by atomic mass is 9.88. The first kappa shape index (κ1) is 17.8. The number of rotatable bonds is 3. The SMILES string of the molecule is CCc1ccc(N=Cc2cc3c(cc2Cl)N(C)C(C)(C)C=C3C)cc1. The van der Waals surface area contributed by atoms with Gasteiger partial charge in [0.1, 0.15) is 0 Å². The monoisotopic (exact) mass is 352 g/mol. The number of fused-ring (bicyclic) bond motifs is 1. The molecule has 0 amide bonds. The number of anilines is 1. The molecule has 2 nitrogen and oxygen atoms in total. The third kappa shape index (κ3) is 3.50. The highest BCUT2D eigenvalue weighted by atomic mass is 35.5. The second-order valence-corrected chi connectivity index (χ2v) is 7.62. The van der Waals surface area contributed by atoms with Gasteiger partial charge >= 0.3 is 0 Å². The molecule has 0 atom stereocenters. The van der Waals surface area contributed by atoms with Gasteiger partial charge in [0.15, 0.2) is 0 Å². The van der Waals surface area contributed by atoms with Crippen molar-refractivity contribution >= 4 is 34.8 Å². The summed E-state index contributed by atoms with van der Waals surface area (Å²) in [7, 11) is 2.11. The van der Waals surface area contributed by atoms with Gasteiger partial charge in [-0.15, -0.1) is 0 Å². The van der Waals surface area contributed by atoms with Gasteiger partial charge in [0.2, 0.25) is 0 Å². The van der Waals surface area contributed by atoms with Gasteiger partial charge < -0.3 is 4.90 Å². The van der Waals surface area contributed by atoms with Gasteiger partial charge in [-0.05, 0) is 62.6 Å². The minimum atomic E-state index is -0.0168. The fourth-order valence-corrected chi connectivity index (χ4v) is 3.46. The van der Waals surface area contributed by atoms with Crippen LogP contribution in [0.2, 0.25) is 5.02 Å². The second-order valence-electron chi connectivity index (χ2n) is 7.21. The molecule has 0 aliphatic carbocycles. The van der Waals surface area contributed by atoms with Crippen LogP contribution in [-0.2, 0) is 6.42 Å². The molecule has 1 aliphatic heterocycles. The van der Waals surface area contributed by atoms with Crippen LogP contribution in [0.4, 0.5) is 11.4 Å². The van der Waals surface area contributed by atoms with E-state index in [1.807, 2.05) is 18.3 Å². The molecule has 0 spiro atoms. The van der Waals surface area contributed by atoms with Crippen LogP contribution in [0.1, 0.15) is 44.4 Å². The summed E-state index contributed by atoms with van der Waals surface area (Å²) in [6.45, 7) is 8.73. The normalized spacial score (nSPS) is 16.1. The highest BCUT2D eigenvalue weighted by Gasteiger charge is 2.28. The molecular formula is C22H25ClN2. The van der Waals surface area contributed by atoms with E-state index in [1.165, 1.54) is 22.4 Å². The Hall–Kier alpha value is -2.06. The van der Waals surface area contributed by atoms with Gasteiger partial charge in [0, 0.05) is 30.1 Å². The topological polar surface area (TPSA) is 15.6 Å². The Balaban J connectivity index is 1.96. The van der Waals surface area contributed by atoms with E-state index in [1.54, 1.807) is 0 Å². The molecule has 3 rings (SSSR count). The van der Waals surface area contributed by atoms with Crippen molar-refractivity contribution in [1.82, 2.24) is 0 Å². The first-order valence-corrected chi connectivity index (χ1v) is 9.10. The maximum Gasteiger partial charge on any atom is 0.0630 e. The molecule has 0 unspecified atom stereocenters. The first-order chi connectivity index (χ1) is 11.8. The van der Waals surface area contributed by atoms with E-state index in [2.05, 4.69) is 75.0 Å². The van der Waals surface area contributed by atoms with Gasteiger partial charge in [-0.25, -0.2) is 0 Å². The van der Waals surface area contributed by atoms with E-state index >= 15 is 0 Å². The Morgan fingerprint density at radius 3 is 2.48 bits per heavy atom. The number of hydrogen-bond donors (Lipinski definition) is 0. The standard InChI is InChI=1S/C22H25ClN2/c1-6-16-7-9-18(10-8-16)24-14-17-11-19-15(2)13-22(3,4)25(5)21(19)12-20(17)23/h7-14H,6H2,1-5H3. The van der Waals surface area contributed by atoms with Gasteiger partial charge in [-0.2, -0.15) is 0 Å². The Bertz CT molecular complexity index is 845. The van der Waals surface area contributed by atoms with E-state index in [-0.39, 0.29) is 5.54 Å². The van der Waals surface area contributed by atoms with E-state index < -0.39 is 0 Å². The van der Waals surface area contributed by atoms with E-state index in [0.717, 1.165) is 22.7 Å². The van der Waals surface area contributed by atoms with Crippen LogP contribution in [-0.4, -0.2) is 18.8 Å². The van der Waals surface area contributed by atoms with Crippen molar-refractivity contribution in [1.29, 1.82) is 0 Å². The molecule has 0 saturated carbocycles. The molecule has 1 heterocycles. The molecule has 2 aromatic carbocycles. The number of likely N-dealkylation sites (N-methyl/N-ethyl adjacent to an activating group) is 1. The van der Waals surface area contributed by atoms with Crippen molar-refractivity contribution in [2.75, 3.05) is 11.9 Å². The van der Waals surface area contributed by atoms with Crippen LogP contribution < -0.4 is 4.90 Å². The van der Waals surface area contributed by atoms with Crippen LogP contribution in [0.25, 0.3) is 5.57 Å². The molecule has 0 bridgehead atoms.